The second kappa shape index (κ2) is 6.57. The Kier molecular flexibility index (Phi) is 5.00. The fourth-order valence-electron chi connectivity index (χ4n) is 2.65. The summed E-state index contributed by atoms with van der Waals surface area (Å²) in [7, 11) is -3.14. The second-order valence-electron chi connectivity index (χ2n) is 5.41. The summed E-state index contributed by atoms with van der Waals surface area (Å²) in [6, 6.07) is -0.466. The second-order valence-corrected chi connectivity index (χ2v) is 7.64. The number of aliphatic carboxylic acids is 1. The van der Waals surface area contributed by atoms with Crippen LogP contribution in [-0.4, -0.2) is 58.0 Å². The first-order chi connectivity index (χ1) is 9.91. The van der Waals surface area contributed by atoms with Gasteiger partial charge >= 0.3 is 5.97 Å². The molecule has 0 radical (unpaired) electrons. The van der Waals surface area contributed by atoms with E-state index in [1.165, 1.54) is 0 Å². The molecule has 0 aromatic carbocycles. The quantitative estimate of drug-likeness (QED) is 0.815. The summed E-state index contributed by atoms with van der Waals surface area (Å²) in [6.07, 6.45) is 4.35. The van der Waals surface area contributed by atoms with Crippen LogP contribution in [0.1, 0.15) is 25.5 Å². The number of carboxylic acids is 1. The Morgan fingerprint density at radius 2 is 2.29 bits per heavy atom. The zero-order valence-corrected chi connectivity index (χ0v) is 12.9. The predicted molar refractivity (Wildman–Crippen MR) is 77.6 cm³/mol. The van der Waals surface area contributed by atoms with Gasteiger partial charge in [-0.05, 0) is 6.42 Å². The third-order valence-electron chi connectivity index (χ3n) is 3.69. The largest absolute Gasteiger partial charge is 0.481 e. The number of hydrogen-bond donors (Lipinski definition) is 1. The van der Waals surface area contributed by atoms with Gasteiger partial charge < -0.3 is 9.67 Å². The number of imidazole rings is 1. The van der Waals surface area contributed by atoms with E-state index < -0.39 is 21.8 Å². The van der Waals surface area contributed by atoms with E-state index in [9.17, 15) is 13.2 Å². The van der Waals surface area contributed by atoms with Gasteiger partial charge in [-0.25, -0.2) is 13.4 Å². The van der Waals surface area contributed by atoms with Crippen LogP contribution in [0, 0.1) is 0 Å². The fraction of sp³-hybridized carbons (Fsp3) is 0.692. The van der Waals surface area contributed by atoms with Gasteiger partial charge in [-0.1, -0.05) is 6.92 Å². The lowest BCUT2D eigenvalue weighted by Crippen LogP contribution is -2.49. The van der Waals surface area contributed by atoms with E-state index in [1.807, 2.05) is 9.47 Å². The Labute approximate surface area is 124 Å². The molecule has 1 aliphatic heterocycles. The van der Waals surface area contributed by atoms with Crippen molar-refractivity contribution >= 4 is 15.8 Å². The number of aromatic nitrogens is 2. The van der Waals surface area contributed by atoms with Crippen LogP contribution < -0.4 is 0 Å². The lowest BCUT2D eigenvalue weighted by Gasteiger charge is -2.34. The van der Waals surface area contributed by atoms with E-state index in [-0.39, 0.29) is 17.9 Å². The number of nitrogens with zero attached hydrogens (tertiary/aromatic N) is 3. The Morgan fingerprint density at radius 3 is 2.95 bits per heavy atom. The first kappa shape index (κ1) is 16.0. The van der Waals surface area contributed by atoms with E-state index in [0.717, 1.165) is 18.7 Å². The van der Waals surface area contributed by atoms with Gasteiger partial charge in [0.25, 0.3) is 0 Å². The average Bonchev–Trinajstić information content (AvgIpc) is 2.79. The Morgan fingerprint density at radius 1 is 1.52 bits per heavy atom. The highest BCUT2D eigenvalue weighted by Gasteiger charge is 2.32. The Balaban J connectivity index is 2.12. The molecule has 118 valence electrons. The van der Waals surface area contributed by atoms with Crippen LogP contribution in [0.4, 0.5) is 0 Å². The smallest absolute Gasteiger partial charge is 0.304 e. The third-order valence-corrected chi connectivity index (χ3v) is 5.39. The van der Waals surface area contributed by atoms with Gasteiger partial charge in [0.1, 0.15) is 0 Å². The molecule has 0 bridgehead atoms. The van der Waals surface area contributed by atoms with Crippen molar-refractivity contribution < 1.29 is 18.3 Å². The van der Waals surface area contributed by atoms with Gasteiger partial charge in [-0.2, -0.15) is 0 Å². The van der Waals surface area contributed by atoms with Crippen molar-refractivity contribution in [1.29, 1.82) is 0 Å². The summed E-state index contributed by atoms with van der Waals surface area (Å²) in [5, 5.41) is 8.98. The van der Waals surface area contributed by atoms with Crippen molar-refractivity contribution in [3.63, 3.8) is 0 Å². The molecule has 1 N–H and O–H groups in total. The molecule has 2 rings (SSSR count). The maximum atomic E-state index is 11.7. The minimum atomic E-state index is -3.14. The van der Waals surface area contributed by atoms with Gasteiger partial charge in [0.2, 0.25) is 0 Å². The van der Waals surface area contributed by atoms with Crippen LogP contribution in [0.25, 0.3) is 0 Å². The van der Waals surface area contributed by atoms with Gasteiger partial charge in [0.05, 0.1) is 29.9 Å². The van der Waals surface area contributed by atoms with Crippen molar-refractivity contribution in [2.24, 2.45) is 0 Å². The van der Waals surface area contributed by atoms with Crippen LogP contribution in [0.15, 0.2) is 12.5 Å². The van der Waals surface area contributed by atoms with E-state index in [1.54, 1.807) is 12.5 Å². The third kappa shape index (κ3) is 4.28. The highest BCUT2D eigenvalue weighted by atomic mass is 32.2. The molecule has 0 amide bonds. The van der Waals surface area contributed by atoms with E-state index in [0.29, 0.717) is 13.1 Å². The molecule has 1 atom stereocenters. The molecule has 2 heterocycles. The summed E-state index contributed by atoms with van der Waals surface area (Å²) in [5.41, 5.74) is 0.992. The molecule has 7 nitrogen and oxygen atoms in total. The van der Waals surface area contributed by atoms with Crippen molar-refractivity contribution in [2.45, 2.75) is 38.9 Å². The van der Waals surface area contributed by atoms with Crippen LogP contribution in [0.3, 0.4) is 0 Å². The van der Waals surface area contributed by atoms with E-state index in [2.05, 4.69) is 11.9 Å². The normalized spacial score (nSPS) is 22.2. The number of carboxylic acid groups (broad SMARTS) is 1. The van der Waals surface area contributed by atoms with Crippen LogP contribution in [0.2, 0.25) is 0 Å². The Hall–Kier alpha value is -1.41. The van der Waals surface area contributed by atoms with Gasteiger partial charge in [0.15, 0.2) is 9.84 Å². The highest BCUT2D eigenvalue weighted by molar-refractivity contribution is 7.91. The van der Waals surface area contributed by atoms with Crippen molar-refractivity contribution in [3.8, 4) is 0 Å². The molecule has 0 aliphatic carbocycles. The summed E-state index contributed by atoms with van der Waals surface area (Å²) >= 11 is 0. The molecule has 1 aromatic rings. The SMILES string of the molecule is CCCn1cncc1CN1CCS(=O)(=O)CC1CC(=O)O. The topological polar surface area (TPSA) is 92.5 Å². The summed E-state index contributed by atoms with van der Waals surface area (Å²) in [6.45, 7) is 3.83. The predicted octanol–water partition coefficient (Wildman–Crippen LogP) is 0.367. The molecule has 1 fully saturated rings. The molecule has 0 spiro atoms. The van der Waals surface area contributed by atoms with Crippen molar-refractivity contribution in [2.75, 3.05) is 18.1 Å². The minimum absolute atomic E-state index is 0.0821. The number of aryl methyl sites for hydroxylation is 1. The molecular weight excluding hydrogens is 294 g/mol. The molecule has 1 unspecified atom stereocenters. The standard InChI is InChI=1S/C13H21N3O4S/c1-2-3-16-10-14-7-12(16)8-15-4-5-21(19,20)9-11(15)6-13(17)18/h7,10-11H,2-6,8-9H2,1H3,(H,17,18). The zero-order chi connectivity index (χ0) is 15.5. The van der Waals surface area contributed by atoms with Gasteiger partial charge in [-0.15, -0.1) is 0 Å². The number of rotatable bonds is 6. The van der Waals surface area contributed by atoms with Crippen LogP contribution >= 0.6 is 0 Å². The maximum absolute atomic E-state index is 11.7. The first-order valence-corrected chi connectivity index (χ1v) is 8.88. The van der Waals surface area contributed by atoms with E-state index in [4.69, 9.17) is 5.11 Å². The number of sulfone groups is 1. The Bertz CT molecular complexity index is 596. The molecule has 1 aromatic heterocycles. The summed E-state index contributed by atoms with van der Waals surface area (Å²) < 4.78 is 25.5. The lowest BCUT2D eigenvalue weighted by atomic mass is 10.2. The lowest BCUT2D eigenvalue weighted by molar-refractivity contribution is -0.138. The van der Waals surface area contributed by atoms with Gasteiger partial charge in [-0.3, -0.25) is 9.69 Å². The van der Waals surface area contributed by atoms with E-state index >= 15 is 0 Å². The van der Waals surface area contributed by atoms with Crippen LogP contribution in [-0.2, 0) is 27.7 Å². The maximum Gasteiger partial charge on any atom is 0.304 e. The molecule has 1 saturated heterocycles. The van der Waals surface area contributed by atoms with Crippen LogP contribution in [0.5, 0.6) is 0 Å². The molecule has 0 saturated carbocycles. The molecule has 21 heavy (non-hydrogen) atoms. The van der Waals surface area contributed by atoms with Crippen molar-refractivity contribution in [3.05, 3.63) is 18.2 Å². The highest BCUT2D eigenvalue weighted by Crippen LogP contribution is 2.18. The first-order valence-electron chi connectivity index (χ1n) is 7.06. The zero-order valence-electron chi connectivity index (χ0n) is 12.1. The summed E-state index contributed by atoms with van der Waals surface area (Å²) in [4.78, 5) is 17.0. The van der Waals surface area contributed by atoms with Crippen molar-refractivity contribution in [1.82, 2.24) is 14.5 Å². The summed E-state index contributed by atoms with van der Waals surface area (Å²) in [5.74, 6) is -0.962. The molecule has 8 heteroatoms. The number of hydrogen-bond acceptors (Lipinski definition) is 5. The fourth-order valence-corrected chi connectivity index (χ4v) is 4.24. The monoisotopic (exact) mass is 315 g/mol. The average molecular weight is 315 g/mol. The molecule has 1 aliphatic rings. The molecular formula is C13H21N3O4S. The number of carbonyl (C=O) groups is 1. The van der Waals surface area contributed by atoms with Gasteiger partial charge in [0, 0.05) is 31.9 Å². The minimum Gasteiger partial charge on any atom is -0.481 e.